The largest absolute Gasteiger partial charge is 0.463 e. The molecule has 4 nitrogen and oxygen atoms in total. The number of hydrogen-bond acceptors (Lipinski definition) is 4. The molecule has 2 N–H and O–H groups in total. The van der Waals surface area contributed by atoms with E-state index in [0.29, 0.717) is 12.3 Å². The van der Waals surface area contributed by atoms with Crippen molar-refractivity contribution in [2.45, 2.75) is 31.8 Å². The van der Waals surface area contributed by atoms with Crippen molar-refractivity contribution < 1.29 is 14.3 Å². The van der Waals surface area contributed by atoms with Crippen molar-refractivity contribution in [2.24, 2.45) is 0 Å². The van der Waals surface area contributed by atoms with E-state index in [1.54, 1.807) is 12.1 Å². The van der Waals surface area contributed by atoms with Crippen molar-refractivity contribution in [3.63, 3.8) is 0 Å². The van der Waals surface area contributed by atoms with Gasteiger partial charge in [0.15, 0.2) is 0 Å². The zero-order valence-corrected chi connectivity index (χ0v) is 10.4. The lowest BCUT2D eigenvalue weighted by molar-refractivity contribution is -0.148. The summed E-state index contributed by atoms with van der Waals surface area (Å²) in [6, 6.07) is 7.29. The van der Waals surface area contributed by atoms with Crippen LogP contribution in [0.15, 0.2) is 24.3 Å². The van der Waals surface area contributed by atoms with E-state index in [-0.39, 0.29) is 18.5 Å². The quantitative estimate of drug-likeness (QED) is 0.654. The summed E-state index contributed by atoms with van der Waals surface area (Å²) in [5.74, 6) is -0.227. The van der Waals surface area contributed by atoms with Crippen LogP contribution >= 0.6 is 0 Å². The number of nitrogen functional groups attached to an aromatic ring is 1. The molecule has 0 amide bonds. The van der Waals surface area contributed by atoms with Gasteiger partial charge in [0.05, 0.1) is 12.5 Å². The molecule has 1 aromatic rings. The molecule has 0 aromatic heterocycles. The highest BCUT2D eigenvalue weighted by atomic mass is 16.6. The normalized spacial score (nSPS) is 19.4. The third-order valence-corrected chi connectivity index (χ3v) is 3.00. The average Bonchev–Trinajstić information content (AvgIpc) is 2.38. The molecule has 1 aromatic carbocycles. The van der Waals surface area contributed by atoms with E-state index in [0.717, 1.165) is 31.4 Å². The predicted molar refractivity (Wildman–Crippen MR) is 69.1 cm³/mol. The van der Waals surface area contributed by atoms with E-state index in [9.17, 15) is 4.79 Å². The lowest BCUT2D eigenvalue weighted by Crippen LogP contribution is -2.26. The van der Waals surface area contributed by atoms with Gasteiger partial charge in [-0.1, -0.05) is 12.1 Å². The molecule has 1 unspecified atom stereocenters. The summed E-state index contributed by atoms with van der Waals surface area (Å²) < 4.78 is 10.7. The van der Waals surface area contributed by atoms with E-state index in [2.05, 4.69) is 0 Å². The van der Waals surface area contributed by atoms with Gasteiger partial charge in [-0.05, 0) is 37.0 Å². The van der Waals surface area contributed by atoms with Crippen LogP contribution in [0.25, 0.3) is 0 Å². The first kappa shape index (κ1) is 12.9. The fourth-order valence-corrected chi connectivity index (χ4v) is 2.05. The summed E-state index contributed by atoms with van der Waals surface area (Å²) in [7, 11) is 0. The zero-order chi connectivity index (χ0) is 12.8. The maximum absolute atomic E-state index is 11.6. The first-order valence-corrected chi connectivity index (χ1v) is 6.35. The van der Waals surface area contributed by atoms with E-state index in [4.69, 9.17) is 15.2 Å². The van der Waals surface area contributed by atoms with Crippen LogP contribution in [0.3, 0.4) is 0 Å². The Morgan fingerprint density at radius 3 is 3.06 bits per heavy atom. The summed E-state index contributed by atoms with van der Waals surface area (Å²) in [4.78, 5) is 11.6. The minimum atomic E-state index is -0.227. The van der Waals surface area contributed by atoms with Crippen molar-refractivity contribution in [3.8, 4) is 0 Å². The molecule has 98 valence electrons. The van der Waals surface area contributed by atoms with Gasteiger partial charge in [0.2, 0.25) is 0 Å². The molecule has 1 heterocycles. The van der Waals surface area contributed by atoms with Gasteiger partial charge in [0.1, 0.15) is 6.61 Å². The second-order valence-corrected chi connectivity index (χ2v) is 4.59. The second kappa shape index (κ2) is 6.40. The van der Waals surface area contributed by atoms with Crippen LogP contribution < -0.4 is 5.73 Å². The summed E-state index contributed by atoms with van der Waals surface area (Å²) in [6.07, 6.45) is 3.57. The molecular weight excluding hydrogens is 230 g/mol. The van der Waals surface area contributed by atoms with E-state index in [1.165, 1.54) is 0 Å². The highest BCUT2D eigenvalue weighted by Crippen LogP contribution is 2.13. The van der Waals surface area contributed by atoms with Gasteiger partial charge in [-0.2, -0.15) is 0 Å². The van der Waals surface area contributed by atoms with E-state index >= 15 is 0 Å². The Hall–Kier alpha value is -1.55. The average molecular weight is 249 g/mol. The maximum atomic E-state index is 11.6. The van der Waals surface area contributed by atoms with Crippen LogP contribution in [-0.2, 0) is 20.7 Å². The van der Waals surface area contributed by atoms with Gasteiger partial charge in [0, 0.05) is 12.3 Å². The Morgan fingerprint density at radius 1 is 1.44 bits per heavy atom. The molecule has 0 spiro atoms. The van der Waals surface area contributed by atoms with Crippen LogP contribution in [0, 0.1) is 0 Å². The van der Waals surface area contributed by atoms with E-state index < -0.39 is 0 Å². The molecule has 0 radical (unpaired) electrons. The van der Waals surface area contributed by atoms with Crippen LogP contribution in [0.2, 0.25) is 0 Å². The third kappa shape index (κ3) is 4.04. The molecule has 1 fully saturated rings. The Kier molecular flexibility index (Phi) is 4.59. The molecule has 1 saturated heterocycles. The standard InChI is InChI=1S/C14H19NO3/c15-12-5-3-4-11(8-12)9-14(16)18-10-13-6-1-2-7-17-13/h3-5,8,13H,1-2,6-7,9-10,15H2. The molecule has 2 rings (SSSR count). The molecule has 0 saturated carbocycles. The third-order valence-electron chi connectivity index (χ3n) is 3.00. The number of rotatable bonds is 4. The molecule has 1 aliphatic rings. The van der Waals surface area contributed by atoms with Gasteiger partial charge in [-0.3, -0.25) is 4.79 Å². The number of benzene rings is 1. The Labute approximate surface area is 107 Å². The number of nitrogens with two attached hydrogens (primary N) is 1. The van der Waals surface area contributed by atoms with Crippen LogP contribution in [0.5, 0.6) is 0 Å². The van der Waals surface area contributed by atoms with Crippen molar-refractivity contribution in [3.05, 3.63) is 29.8 Å². The van der Waals surface area contributed by atoms with Gasteiger partial charge in [-0.15, -0.1) is 0 Å². The molecular formula is C14H19NO3. The first-order chi connectivity index (χ1) is 8.74. The minimum absolute atomic E-state index is 0.0727. The van der Waals surface area contributed by atoms with Crippen molar-refractivity contribution >= 4 is 11.7 Å². The Balaban J connectivity index is 1.74. The van der Waals surface area contributed by atoms with Crippen LogP contribution in [-0.4, -0.2) is 25.3 Å². The lowest BCUT2D eigenvalue weighted by Gasteiger charge is -2.22. The van der Waals surface area contributed by atoms with Crippen molar-refractivity contribution in [1.29, 1.82) is 0 Å². The SMILES string of the molecule is Nc1cccc(CC(=O)OCC2CCCCO2)c1. The molecule has 1 atom stereocenters. The fraction of sp³-hybridized carbons (Fsp3) is 0.500. The molecule has 0 bridgehead atoms. The second-order valence-electron chi connectivity index (χ2n) is 4.59. The predicted octanol–water partition coefficient (Wildman–Crippen LogP) is 1.92. The zero-order valence-electron chi connectivity index (χ0n) is 10.4. The number of carbonyl (C=O) groups excluding carboxylic acids is 1. The topological polar surface area (TPSA) is 61.6 Å². The van der Waals surface area contributed by atoms with Gasteiger partial charge in [0.25, 0.3) is 0 Å². The summed E-state index contributed by atoms with van der Waals surface area (Å²) in [5, 5.41) is 0. The minimum Gasteiger partial charge on any atom is -0.463 e. The van der Waals surface area contributed by atoms with Crippen LogP contribution in [0.4, 0.5) is 5.69 Å². The fourth-order valence-electron chi connectivity index (χ4n) is 2.05. The number of ether oxygens (including phenoxy) is 2. The molecule has 4 heteroatoms. The Bertz CT molecular complexity index is 400. The summed E-state index contributed by atoms with van der Waals surface area (Å²) >= 11 is 0. The monoisotopic (exact) mass is 249 g/mol. The van der Waals surface area contributed by atoms with Crippen molar-refractivity contribution in [1.82, 2.24) is 0 Å². The van der Waals surface area contributed by atoms with Gasteiger partial charge in [-0.25, -0.2) is 0 Å². The number of esters is 1. The first-order valence-electron chi connectivity index (χ1n) is 6.35. The number of carbonyl (C=O) groups is 1. The highest BCUT2D eigenvalue weighted by molar-refractivity contribution is 5.73. The molecule has 1 aliphatic heterocycles. The van der Waals surface area contributed by atoms with E-state index in [1.807, 2.05) is 12.1 Å². The highest BCUT2D eigenvalue weighted by Gasteiger charge is 2.16. The number of anilines is 1. The maximum Gasteiger partial charge on any atom is 0.310 e. The Morgan fingerprint density at radius 2 is 2.33 bits per heavy atom. The number of hydrogen-bond donors (Lipinski definition) is 1. The van der Waals surface area contributed by atoms with Gasteiger partial charge < -0.3 is 15.2 Å². The summed E-state index contributed by atoms with van der Waals surface area (Å²) in [6.45, 7) is 1.14. The van der Waals surface area contributed by atoms with Crippen LogP contribution in [0.1, 0.15) is 24.8 Å². The smallest absolute Gasteiger partial charge is 0.310 e. The molecule has 18 heavy (non-hydrogen) atoms. The van der Waals surface area contributed by atoms with Gasteiger partial charge >= 0.3 is 5.97 Å². The molecule has 0 aliphatic carbocycles. The van der Waals surface area contributed by atoms with Crippen molar-refractivity contribution in [2.75, 3.05) is 18.9 Å². The lowest BCUT2D eigenvalue weighted by atomic mass is 10.1. The summed E-state index contributed by atoms with van der Waals surface area (Å²) in [5.41, 5.74) is 7.20.